The van der Waals surface area contributed by atoms with Gasteiger partial charge in [0.25, 0.3) is 0 Å². The largest absolute Gasteiger partial charge is 0.453 e. The van der Waals surface area contributed by atoms with Crippen LogP contribution in [0.15, 0.2) is 42.5 Å². The molecule has 0 bridgehead atoms. The number of nitrogens with one attached hydrogen (secondary N) is 2. The highest BCUT2D eigenvalue weighted by atomic mass is 19.4. The molecular formula is C37H48F5N5O3. The van der Waals surface area contributed by atoms with E-state index in [1.54, 1.807) is 23.1 Å². The summed E-state index contributed by atoms with van der Waals surface area (Å²) in [6, 6.07) is 10.8. The highest BCUT2D eigenvalue weighted by Gasteiger charge is 2.52. The van der Waals surface area contributed by atoms with Crippen LogP contribution in [-0.4, -0.2) is 93.5 Å². The van der Waals surface area contributed by atoms with Gasteiger partial charge in [0.2, 0.25) is 5.91 Å². The van der Waals surface area contributed by atoms with Crippen LogP contribution in [0.25, 0.3) is 0 Å². The predicted octanol–water partition coefficient (Wildman–Crippen LogP) is 5.75. The van der Waals surface area contributed by atoms with Crippen molar-refractivity contribution in [2.45, 2.75) is 69.4 Å². The summed E-state index contributed by atoms with van der Waals surface area (Å²) < 4.78 is 74.4. The zero-order valence-corrected chi connectivity index (χ0v) is 28.8. The van der Waals surface area contributed by atoms with Crippen molar-refractivity contribution in [1.29, 1.82) is 0 Å². The number of methoxy groups -OCH3 is 1. The van der Waals surface area contributed by atoms with Crippen molar-refractivity contribution < 1.29 is 36.3 Å². The second kappa shape index (κ2) is 15.0. The van der Waals surface area contributed by atoms with Gasteiger partial charge in [-0.2, -0.15) is 13.2 Å². The topological polar surface area (TPSA) is 77.1 Å². The molecule has 0 unspecified atom stereocenters. The smallest absolute Gasteiger partial charge is 0.416 e. The van der Waals surface area contributed by atoms with Crippen LogP contribution in [0.5, 0.6) is 0 Å². The fourth-order valence-corrected chi connectivity index (χ4v) is 9.09. The molecule has 0 aromatic heterocycles. The number of rotatable bonds is 11. The van der Waals surface area contributed by atoms with Gasteiger partial charge in [0.1, 0.15) is 12.0 Å². The molecule has 2 aromatic rings. The van der Waals surface area contributed by atoms with Crippen molar-refractivity contribution in [3.8, 4) is 0 Å². The fourth-order valence-electron chi connectivity index (χ4n) is 9.09. The van der Waals surface area contributed by atoms with Crippen molar-refractivity contribution in [2.75, 3.05) is 64.4 Å². The normalized spacial score (nSPS) is 23.9. The van der Waals surface area contributed by atoms with E-state index in [2.05, 4.69) is 20.4 Å². The number of benzene rings is 2. The summed E-state index contributed by atoms with van der Waals surface area (Å²) in [7, 11) is 1.34. The summed E-state index contributed by atoms with van der Waals surface area (Å²) >= 11 is 0. The number of likely N-dealkylation sites (tertiary alicyclic amines) is 2. The van der Waals surface area contributed by atoms with E-state index in [9.17, 15) is 31.5 Å². The van der Waals surface area contributed by atoms with Gasteiger partial charge in [-0.1, -0.05) is 18.6 Å². The fraction of sp³-hybridized carbons (Fsp3) is 0.622. The molecule has 13 heteroatoms. The zero-order chi connectivity index (χ0) is 35.6. The molecule has 50 heavy (non-hydrogen) atoms. The Kier molecular flexibility index (Phi) is 10.9. The van der Waals surface area contributed by atoms with Gasteiger partial charge in [-0.3, -0.25) is 9.69 Å². The highest BCUT2D eigenvalue weighted by molar-refractivity contribution is 5.73. The number of ether oxygens (including phenoxy) is 1. The molecule has 0 spiro atoms. The van der Waals surface area contributed by atoms with Gasteiger partial charge < -0.3 is 25.2 Å². The molecule has 3 saturated heterocycles. The number of hydrogen-bond donors (Lipinski definition) is 2. The third-order valence-electron chi connectivity index (χ3n) is 11.5. The third-order valence-corrected chi connectivity index (χ3v) is 11.5. The van der Waals surface area contributed by atoms with Gasteiger partial charge in [-0.05, 0) is 92.1 Å². The monoisotopic (exact) mass is 705 g/mol. The maximum absolute atomic E-state index is 14.8. The van der Waals surface area contributed by atoms with Gasteiger partial charge in [0.05, 0.1) is 12.7 Å². The van der Waals surface area contributed by atoms with Gasteiger partial charge in [0, 0.05) is 75.8 Å². The number of hydrogen-bond acceptors (Lipinski definition) is 6. The van der Waals surface area contributed by atoms with Crippen LogP contribution in [0.3, 0.4) is 0 Å². The van der Waals surface area contributed by atoms with Crippen molar-refractivity contribution in [3.05, 3.63) is 65.0 Å². The number of anilines is 1. The Labute approximate surface area is 290 Å². The van der Waals surface area contributed by atoms with Gasteiger partial charge in [-0.15, -0.1) is 0 Å². The minimum atomic E-state index is -4.47. The van der Waals surface area contributed by atoms with E-state index in [4.69, 9.17) is 4.74 Å². The minimum Gasteiger partial charge on any atom is -0.453 e. The molecule has 3 aliphatic heterocycles. The molecule has 1 saturated carbocycles. The maximum Gasteiger partial charge on any atom is 0.416 e. The van der Waals surface area contributed by atoms with Crippen molar-refractivity contribution >= 4 is 17.7 Å². The van der Waals surface area contributed by atoms with E-state index in [0.717, 1.165) is 82.1 Å². The van der Waals surface area contributed by atoms with E-state index >= 15 is 0 Å². The van der Waals surface area contributed by atoms with Crippen LogP contribution in [0.4, 0.5) is 32.4 Å². The van der Waals surface area contributed by atoms with Crippen LogP contribution in [-0.2, 0) is 27.7 Å². The van der Waals surface area contributed by atoms with Crippen LogP contribution >= 0.6 is 0 Å². The molecule has 4 fully saturated rings. The Balaban J connectivity index is 1.13. The second-order valence-electron chi connectivity index (χ2n) is 14.7. The zero-order valence-electron chi connectivity index (χ0n) is 28.8. The number of nitrogens with zero attached hydrogens (tertiary/aromatic N) is 3. The number of amides is 2. The summed E-state index contributed by atoms with van der Waals surface area (Å²) in [6.45, 7) is 6.17. The number of carbonyl (C=O) groups excluding carboxylic acids is 2. The third kappa shape index (κ3) is 7.88. The molecule has 274 valence electrons. The molecule has 3 atom stereocenters. The average molecular weight is 706 g/mol. The van der Waals surface area contributed by atoms with Gasteiger partial charge in [0.15, 0.2) is 0 Å². The van der Waals surface area contributed by atoms with E-state index in [0.29, 0.717) is 12.5 Å². The van der Waals surface area contributed by atoms with Crippen molar-refractivity contribution in [2.24, 2.45) is 17.8 Å². The van der Waals surface area contributed by atoms with Crippen LogP contribution in [0.1, 0.15) is 55.7 Å². The molecule has 8 nitrogen and oxygen atoms in total. The van der Waals surface area contributed by atoms with Crippen molar-refractivity contribution in [3.63, 3.8) is 0 Å². The van der Waals surface area contributed by atoms with Crippen LogP contribution < -0.4 is 15.5 Å². The summed E-state index contributed by atoms with van der Waals surface area (Å²) in [5.41, 5.74) is 0.486. The molecule has 1 aliphatic carbocycles. The first-order chi connectivity index (χ1) is 23.8. The van der Waals surface area contributed by atoms with Crippen molar-refractivity contribution in [1.82, 2.24) is 20.4 Å². The summed E-state index contributed by atoms with van der Waals surface area (Å²) in [6.07, 6.45) is -1.82. The molecule has 3 heterocycles. The molecule has 4 aliphatic rings. The first kappa shape index (κ1) is 36.3. The summed E-state index contributed by atoms with van der Waals surface area (Å²) in [5, 5.41) is 6.11. The first-order valence-corrected chi connectivity index (χ1v) is 17.7. The van der Waals surface area contributed by atoms with E-state index < -0.39 is 29.4 Å². The molecule has 2 aromatic carbocycles. The predicted molar refractivity (Wildman–Crippen MR) is 180 cm³/mol. The Hall–Kier alpha value is -3.45. The minimum absolute atomic E-state index is 0.0416. The number of alkyl halides is 4. The average Bonchev–Trinajstić information content (AvgIpc) is 3.50. The summed E-state index contributed by atoms with van der Waals surface area (Å²) in [4.78, 5) is 30.9. The molecule has 6 rings (SSSR count). The molecule has 2 N–H and O–H groups in total. The SMILES string of the molecule is COC(=O)N[C@H]1CCC[C@@H]1[C@](CNC(C)=O)(c1cccc(F)c1)C1CCN(CC2CN(c3ccc(C(F)(F)F)c(CN4CC(F)C4)c3)C2)CC1. The van der Waals surface area contributed by atoms with E-state index in [-0.39, 0.29) is 54.8 Å². The lowest BCUT2D eigenvalue weighted by molar-refractivity contribution is -0.138. The Morgan fingerprint density at radius 3 is 2.34 bits per heavy atom. The lowest BCUT2D eigenvalue weighted by Crippen LogP contribution is -2.58. The molecular weight excluding hydrogens is 657 g/mol. The lowest BCUT2D eigenvalue weighted by atomic mass is 9.58. The number of piperidine rings is 1. The number of alkyl carbamates (subject to hydrolysis) is 1. The lowest BCUT2D eigenvalue weighted by Gasteiger charge is -2.51. The Bertz CT molecular complexity index is 1510. The summed E-state index contributed by atoms with van der Waals surface area (Å²) in [5.74, 6) is -0.0792. The number of carbonyl (C=O) groups is 2. The highest BCUT2D eigenvalue weighted by Crippen LogP contribution is 2.50. The van der Waals surface area contributed by atoms with Crippen LogP contribution in [0, 0.1) is 23.6 Å². The van der Waals surface area contributed by atoms with Gasteiger partial charge >= 0.3 is 12.3 Å². The first-order valence-electron chi connectivity index (χ1n) is 17.7. The quantitative estimate of drug-likeness (QED) is 0.291. The Morgan fingerprint density at radius 1 is 0.960 bits per heavy atom. The molecule has 2 amide bonds. The Morgan fingerprint density at radius 2 is 1.70 bits per heavy atom. The van der Waals surface area contributed by atoms with E-state index in [1.807, 2.05) is 6.07 Å². The maximum atomic E-state index is 14.8. The van der Waals surface area contributed by atoms with Gasteiger partial charge in [-0.25, -0.2) is 13.6 Å². The second-order valence-corrected chi connectivity index (χ2v) is 14.7. The number of halogens is 5. The standard InChI is InChI=1S/C37H48F5N5O3/c1-24(48)43-23-36(28-5-3-6-29(38)16-28,33-7-4-8-34(33)44-35(49)50-2)27-11-13-45(14-12-27)17-25-18-47(19-25)31-9-10-32(37(40,41)42)26(15-31)20-46-21-30(39)22-46/h3,5-6,9-10,15-16,25,27,30,33-34H,4,7-8,11-14,17-23H2,1-2H3,(H,43,48)(H,44,49)/t33-,34-,36-/m0/s1. The molecule has 0 radical (unpaired) electrons. The van der Waals surface area contributed by atoms with E-state index in [1.165, 1.54) is 26.2 Å². The van der Waals surface area contributed by atoms with Crippen LogP contribution in [0.2, 0.25) is 0 Å².